The number of hydrogen-bond acceptors (Lipinski definition) is 4. The van der Waals surface area contributed by atoms with Crippen molar-refractivity contribution in [2.45, 2.75) is 64.1 Å². The van der Waals surface area contributed by atoms with Gasteiger partial charge in [0.1, 0.15) is 11.8 Å². The van der Waals surface area contributed by atoms with Crippen LogP contribution in [0, 0.1) is 5.92 Å². The van der Waals surface area contributed by atoms with Gasteiger partial charge in [-0.3, -0.25) is 20.0 Å². The van der Waals surface area contributed by atoms with E-state index in [2.05, 4.69) is 10.7 Å². The van der Waals surface area contributed by atoms with Gasteiger partial charge in [-0.15, -0.1) is 0 Å². The van der Waals surface area contributed by atoms with Crippen molar-refractivity contribution >= 4 is 17.5 Å². The first-order valence-electron chi connectivity index (χ1n) is 12.4. The number of benzene rings is 2. The predicted molar refractivity (Wildman–Crippen MR) is 133 cm³/mol. The normalized spacial score (nSPS) is 15.1. The van der Waals surface area contributed by atoms with Crippen LogP contribution in [0.3, 0.4) is 0 Å². The van der Waals surface area contributed by atoms with Crippen LogP contribution in [0.4, 0.5) is 18.9 Å². The van der Waals surface area contributed by atoms with Gasteiger partial charge >= 0.3 is 6.18 Å². The Morgan fingerprint density at radius 2 is 1.78 bits per heavy atom. The number of carbonyl (C=O) groups excluding carboxylic acids is 2. The van der Waals surface area contributed by atoms with Crippen molar-refractivity contribution in [2.75, 3.05) is 19.1 Å². The average molecular weight is 506 g/mol. The molecule has 1 aliphatic rings. The van der Waals surface area contributed by atoms with Crippen LogP contribution in [0.1, 0.15) is 67.8 Å². The van der Waals surface area contributed by atoms with E-state index in [4.69, 9.17) is 4.74 Å². The van der Waals surface area contributed by atoms with Crippen molar-refractivity contribution in [3.63, 3.8) is 0 Å². The molecule has 9 heteroatoms. The first-order chi connectivity index (χ1) is 17.2. The lowest BCUT2D eigenvalue weighted by Gasteiger charge is -2.29. The van der Waals surface area contributed by atoms with Crippen LogP contribution < -0.4 is 15.5 Å². The summed E-state index contributed by atoms with van der Waals surface area (Å²) in [5.41, 5.74) is 2.70. The summed E-state index contributed by atoms with van der Waals surface area (Å²) in [5, 5.41) is 4.13. The fraction of sp³-hybridized carbons (Fsp3) is 0.481. The van der Waals surface area contributed by atoms with Gasteiger partial charge in [-0.25, -0.2) is 0 Å². The molecule has 2 amide bonds. The highest BCUT2D eigenvalue weighted by Gasteiger charge is 2.32. The molecule has 1 atom stereocenters. The predicted octanol–water partition coefficient (Wildman–Crippen LogP) is 6.05. The van der Waals surface area contributed by atoms with Gasteiger partial charge in [-0.05, 0) is 68.1 Å². The minimum Gasteiger partial charge on any atom is -0.497 e. The molecule has 0 saturated heterocycles. The molecule has 1 fully saturated rings. The van der Waals surface area contributed by atoms with Crippen molar-refractivity contribution < 1.29 is 27.5 Å². The van der Waals surface area contributed by atoms with Crippen LogP contribution in [0.15, 0.2) is 48.5 Å². The van der Waals surface area contributed by atoms with E-state index < -0.39 is 23.7 Å². The number of rotatable bonds is 10. The number of alkyl halides is 3. The Bertz CT molecular complexity index is 1010. The highest BCUT2D eigenvalue weighted by molar-refractivity contribution is 5.97. The van der Waals surface area contributed by atoms with Gasteiger partial charge in [-0.2, -0.15) is 13.2 Å². The molecular weight excluding hydrogens is 471 g/mol. The molecule has 1 saturated carbocycles. The van der Waals surface area contributed by atoms with E-state index in [0.717, 1.165) is 44.2 Å². The SMILES string of the molecule is CCN(Nc1ccc(OC)cc1)C(=O)C(CCC1CCCCC1)NC(=O)c1cccc(C(F)(F)F)c1. The summed E-state index contributed by atoms with van der Waals surface area (Å²) < 4.78 is 44.6. The maximum Gasteiger partial charge on any atom is 0.416 e. The Morgan fingerprint density at radius 1 is 1.08 bits per heavy atom. The summed E-state index contributed by atoms with van der Waals surface area (Å²) >= 11 is 0. The van der Waals surface area contributed by atoms with Gasteiger partial charge in [0.25, 0.3) is 11.8 Å². The smallest absolute Gasteiger partial charge is 0.416 e. The first kappa shape index (κ1) is 27.4. The van der Waals surface area contributed by atoms with E-state index in [1.165, 1.54) is 23.6 Å². The molecule has 0 radical (unpaired) electrons. The zero-order valence-electron chi connectivity index (χ0n) is 20.7. The number of ether oxygens (including phenoxy) is 1. The summed E-state index contributed by atoms with van der Waals surface area (Å²) in [4.78, 5) is 26.5. The number of anilines is 1. The number of nitrogens with zero attached hydrogens (tertiary/aromatic N) is 1. The molecule has 0 spiro atoms. The van der Waals surface area contributed by atoms with Crippen LogP contribution in [0.25, 0.3) is 0 Å². The lowest BCUT2D eigenvalue weighted by Crippen LogP contribution is -2.50. The maximum absolute atomic E-state index is 13.5. The standard InChI is InChI=1S/C27H34F3N3O3/c1-3-33(32-22-13-15-23(36-2)16-14-22)26(35)24(17-12-19-8-5-4-6-9-19)31-25(34)20-10-7-11-21(18-20)27(28,29)30/h7,10-11,13-16,18-19,24,32H,3-6,8-9,12,17H2,1-2H3,(H,31,34). The molecular formula is C27H34F3N3O3. The van der Waals surface area contributed by atoms with E-state index in [1.54, 1.807) is 38.3 Å². The molecule has 2 N–H and O–H groups in total. The Hall–Kier alpha value is -3.23. The van der Waals surface area contributed by atoms with Gasteiger partial charge in [0.15, 0.2) is 0 Å². The Morgan fingerprint density at radius 3 is 2.39 bits per heavy atom. The highest BCUT2D eigenvalue weighted by Crippen LogP contribution is 2.30. The van der Waals surface area contributed by atoms with E-state index in [9.17, 15) is 22.8 Å². The van der Waals surface area contributed by atoms with Crippen LogP contribution in [-0.4, -0.2) is 36.5 Å². The molecule has 36 heavy (non-hydrogen) atoms. The third-order valence-electron chi connectivity index (χ3n) is 6.58. The lowest BCUT2D eigenvalue weighted by atomic mass is 9.85. The van der Waals surface area contributed by atoms with E-state index in [1.807, 2.05) is 0 Å². The van der Waals surface area contributed by atoms with Crippen LogP contribution in [-0.2, 0) is 11.0 Å². The molecule has 3 rings (SSSR count). The Labute approximate surface area is 210 Å². The number of carbonyl (C=O) groups is 2. The van der Waals surface area contributed by atoms with E-state index in [-0.39, 0.29) is 11.5 Å². The Balaban J connectivity index is 1.76. The van der Waals surface area contributed by atoms with Crippen molar-refractivity contribution in [3.05, 3.63) is 59.7 Å². The second-order valence-electron chi connectivity index (χ2n) is 9.11. The molecule has 2 aromatic carbocycles. The molecule has 2 aromatic rings. The topological polar surface area (TPSA) is 70.7 Å². The van der Waals surface area contributed by atoms with Crippen molar-refractivity contribution in [3.8, 4) is 5.75 Å². The molecule has 1 aliphatic carbocycles. The quantitative estimate of drug-likeness (QED) is 0.386. The van der Waals surface area contributed by atoms with Crippen LogP contribution in [0.5, 0.6) is 5.75 Å². The fourth-order valence-electron chi connectivity index (χ4n) is 4.51. The summed E-state index contributed by atoms with van der Waals surface area (Å²) in [5.74, 6) is 0.103. The molecule has 0 aromatic heterocycles. The monoisotopic (exact) mass is 505 g/mol. The number of hydrazine groups is 1. The summed E-state index contributed by atoms with van der Waals surface area (Å²) in [6.45, 7) is 2.13. The van der Waals surface area contributed by atoms with Crippen LogP contribution in [0.2, 0.25) is 0 Å². The molecule has 0 bridgehead atoms. The van der Waals surface area contributed by atoms with Gasteiger partial charge < -0.3 is 10.1 Å². The van der Waals surface area contributed by atoms with Gasteiger partial charge in [0.05, 0.1) is 18.4 Å². The number of halogens is 3. The number of likely N-dealkylation sites (N-methyl/N-ethyl adjacent to an activating group) is 1. The molecule has 0 aliphatic heterocycles. The van der Waals surface area contributed by atoms with Gasteiger partial charge in [0.2, 0.25) is 0 Å². The second-order valence-corrected chi connectivity index (χ2v) is 9.11. The number of amides is 2. The zero-order chi connectivity index (χ0) is 26.1. The summed E-state index contributed by atoms with van der Waals surface area (Å²) in [7, 11) is 1.56. The molecule has 1 unspecified atom stereocenters. The van der Waals surface area contributed by atoms with Crippen LogP contribution >= 0.6 is 0 Å². The third kappa shape index (κ3) is 7.63. The second kappa shape index (κ2) is 12.6. The largest absolute Gasteiger partial charge is 0.497 e. The van der Waals surface area contributed by atoms with Gasteiger partial charge in [-0.1, -0.05) is 38.2 Å². The zero-order valence-corrected chi connectivity index (χ0v) is 20.7. The van der Waals surface area contributed by atoms with Crippen molar-refractivity contribution in [1.82, 2.24) is 10.3 Å². The third-order valence-corrected chi connectivity index (χ3v) is 6.58. The van der Waals surface area contributed by atoms with Crippen molar-refractivity contribution in [2.24, 2.45) is 5.92 Å². The Kier molecular flexibility index (Phi) is 9.61. The van der Waals surface area contributed by atoms with E-state index >= 15 is 0 Å². The first-order valence-corrected chi connectivity index (χ1v) is 12.4. The number of methoxy groups -OCH3 is 1. The minimum absolute atomic E-state index is 0.133. The molecule has 196 valence electrons. The van der Waals surface area contributed by atoms with Gasteiger partial charge in [0, 0.05) is 12.1 Å². The number of hydrogen-bond donors (Lipinski definition) is 2. The van der Waals surface area contributed by atoms with Crippen molar-refractivity contribution in [1.29, 1.82) is 0 Å². The molecule has 6 nitrogen and oxygen atoms in total. The summed E-state index contributed by atoms with van der Waals surface area (Å²) in [6, 6.07) is 10.4. The maximum atomic E-state index is 13.5. The fourth-order valence-corrected chi connectivity index (χ4v) is 4.51. The summed E-state index contributed by atoms with van der Waals surface area (Å²) in [6.07, 6.45) is 2.30. The van der Waals surface area contributed by atoms with E-state index in [0.29, 0.717) is 30.3 Å². The number of nitrogens with one attached hydrogen (secondary N) is 2. The molecule has 0 heterocycles. The highest BCUT2D eigenvalue weighted by atomic mass is 19.4. The minimum atomic E-state index is -4.56. The average Bonchev–Trinajstić information content (AvgIpc) is 2.89. The lowest BCUT2D eigenvalue weighted by molar-refractivity contribution is -0.137.